The molecule has 1 amide bonds. The minimum atomic E-state index is -1.12. The van der Waals surface area contributed by atoms with E-state index in [1.54, 1.807) is 6.20 Å². The lowest BCUT2D eigenvalue weighted by Crippen LogP contribution is -2.53. The number of likely N-dealkylation sites (N-methyl/N-ethyl adjacent to an activating group) is 1. The van der Waals surface area contributed by atoms with E-state index < -0.39 is 17.5 Å². The number of aliphatic hydroxyl groups excluding tert-OH is 1. The van der Waals surface area contributed by atoms with E-state index in [0.717, 1.165) is 37.6 Å². The van der Waals surface area contributed by atoms with Crippen LogP contribution < -0.4 is 15.4 Å². The van der Waals surface area contributed by atoms with Gasteiger partial charge in [0.15, 0.2) is 11.6 Å². The maximum Gasteiger partial charge on any atom is 0.246 e. The standard InChI is InChI=1S/C27H30F2N8O3/c1-35-7-8-36(14-19(35)16-38)9-10-40-20-5-6-21-24(11-20)30-17-31-27(21)33-18-12-32-37(13-18)15-25(39)34-23-4-2-3-22(28)26(23)29/h2-6,11-13,17,19,38H,7-10,14-16H2,1H3,(H,34,39)(H,30,31,33)/t19-/m0/s1. The minimum absolute atomic E-state index is 0.141. The quantitative estimate of drug-likeness (QED) is 0.273. The van der Waals surface area contributed by atoms with Crippen LogP contribution >= 0.6 is 0 Å². The number of benzene rings is 2. The average molecular weight is 553 g/mol. The molecular weight excluding hydrogens is 522 g/mol. The number of carbonyl (C=O) groups excluding carboxylic acids is 1. The summed E-state index contributed by atoms with van der Waals surface area (Å²) in [5.41, 5.74) is 1.04. The number of nitrogens with one attached hydrogen (secondary N) is 2. The van der Waals surface area contributed by atoms with E-state index >= 15 is 0 Å². The number of fused-ring (bicyclic) bond motifs is 1. The first-order chi connectivity index (χ1) is 19.4. The van der Waals surface area contributed by atoms with Crippen LogP contribution in [0.3, 0.4) is 0 Å². The third kappa shape index (κ3) is 6.50. The number of nitrogens with zero attached hydrogens (tertiary/aromatic N) is 6. The molecule has 11 nitrogen and oxygen atoms in total. The summed E-state index contributed by atoms with van der Waals surface area (Å²) in [5.74, 6) is -1.47. The Morgan fingerprint density at radius 3 is 2.92 bits per heavy atom. The van der Waals surface area contributed by atoms with Crippen molar-refractivity contribution >= 4 is 34.0 Å². The highest BCUT2D eigenvalue weighted by Gasteiger charge is 2.23. The summed E-state index contributed by atoms with van der Waals surface area (Å²) in [6, 6.07) is 9.29. The highest BCUT2D eigenvalue weighted by atomic mass is 19.2. The molecule has 40 heavy (non-hydrogen) atoms. The first-order valence-electron chi connectivity index (χ1n) is 12.8. The molecule has 0 unspecified atom stereocenters. The zero-order valence-electron chi connectivity index (χ0n) is 21.9. The van der Waals surface area contributed by atoms with Crippen molar-refractivity contribution in [1.82, 2.24) is 29.5 Å². The Kier molecular flexibility index (Phi) is 8.43. The molecule has 0 bridgehead atoms. The van der Waals surface area contributed by atoms with Crippen molar-refractivity contribution in [3.8, 4) is 5.75 Å². The van der Waals surface area contributed by atoms with Crippen LogP contribution in [-0.2, 0) is 11.3 Å². The van der Waals surface area contributed by atoms with E-state index in [9.17, 15) is 18.7 Å². The number of hydrogen-bond acceptors (Lipinski definition) is 9. The third-order valence-electron chi connectivity index (χ3n) is 6.78. The van der Waals surface area contributed by atoms with E-state index in [1.807, 2.05) is 25.2 Å². The first kappa shape index (κ1) is 27.4. The number of hydrogen-bond donors (Lipinski definition) is 3. The van der Waals surface area contributed by atoms with Gasteiger partial charge in [0.25, 0.3) is 0 Å². The lowest BCUT2D eigenvalue weighted by Gasteiger charge is -2.38. The van der Waals surface area contributed by atoms with Gasteiger partial charge in [-0.05, 0) is 31.3 Å². The fourth-order valence-electron chi connectivity index (χ4n) is 4.52. The maximum absolute atomic E-state index is 13.8. The number of aliphatic hydroxyl groups is 1. The van der Waals surface area contributed by atoms with Crippen LogP contribution in [0.15, 0.2) is 55.1 Å². The number of ether oxygens (including phenoxy) is 1. The second kappa shape index (κ2) is 12.3. The summed E-state index contributed by atoms with van der Waals surface area (Å²) in [6.07, 6.45) is 4.58. The molecule has 0 saturated carbocycles. The second-order valence-corrected chi connectivity index (χ2v) is 9.57. The third-order valence-corrected chi connectivity index (χ3v) is 6.78. The van der Waals surface area contributed by atoms with Crippen LogP contribution in [0, 0.1) is 11.6 Å². The number of rotatable bonds is 10. The van der Waals surface area contributed by atoms with Gasteiger partial charge in [-0.15, -0.1) is 0 Å². The molecule has 4 aromatic rings. The van der Waals surface area contributed by atoms with Crippen LogP contribution in [-0.4, -0.2) is 93.0 Å². The van der Waals surface area contributed by atoms with Gasteiger partial charge in [-0.25, -0.2) is 18.7 Å². The Hall–Kier alpha value is -4.20. The van der Waals surface area contributed by atoms with Crippen LogP contribution in [0.25, 0.3) is 10.9 Å². The molecule has 3 heterocycles. The molecule has 1 fully saturated rings. The average Bonchev–Trinajstić information content (AvgIpc) is 3.38. The predicted octanol–water partition coefficient (Wildman–Crippen LogP) is 2.47. The van der Waals surface area contributed by atoms with Crippen LogP contribution in [0.2, 0.25) is 0 Å². The monoisotopic (exact) mass is 552 g/mol. The SMILES string of the molecule is CN1CCN(CCOc2ccc3c(Nc4cnn(CC(=O)Nc5cccc(F)c5F)c4)ncnc3c2)C[C@H]1CO. The van der Waals surface area contributed by atoms with Gasteiger partial charge in [0.05, 0.1) is 29.7 Å². The topological polar surface area (TPSA) is 121 Å². The summed E-state index contributed by atoms with van der Waals surface area (Å²) < 4.78 is 34.5. The van der Waals surface area contributed by atoms with E-state index in [4.69, 9.17) is 4.74 Å². The number of aromatic nitrogens is 4. The molecule has 1 aliphatic rings. The largest absolute Gasteiger partial charge is 0.492 e. The Morgan fingerprint density at radius 1 is 1.20 bits per heavy atom. The van der Waals surface area contributed by atoms with Crippen molar-refractivity contribution < 1.29 is 23.4 Å². The molecule has 210 valence electrons. The Labute approximate surface area is 229 Å². The number of halogens is 2. The fourth-order valence-corrected chi connectivity index (χ4v) is 4.52. The van der Waals surface area contributed by atoms with Crippen molar-refractivity contribution in [2.24, 2.45) is 0 Å². The Morgan fingerprint density at radius 2 is 2.08 bits per heavy atom. The van der Waals surface area contributed by atoms with Gasteiger partial charge >= 0.3 is 0 Å². The van der Waals surface area contributed by atoms with Crippen molar-refractivity contribution in [1.29, 1.82) is 0 Å². The van der Waals surface area contributed by atoms with Gasteiger partial charge in [-0.1, -0.05) is 6.07 Å². The molecule has 2 aromatic heterocycles. The fraction of sp³-hybridized carbons (Fsp3) is 0.333. The number of amides is 1. The highest BCUT2D eigenvalue weighted by Crippen LogP contribution is 2.26. The minimum Gasteiger partial charge on any atom is -0.492 e. The Balaban J connectivity index is 1.17. The zero-order valence-corrected chi connectivity index (χ0v) is 21.9. The molecule has 5 rings (SSSR count). The van der Waals surface area contributed by atoms with Crippen LogP contribution in [0.5, 0.6) is 5.75 Å². The molecule has 1 saturated heterocycles. The molecule has 0 radical (unpaired) electrons. The summed E-state index contributed by atoms with van der Waals surface area (Å²) in [4.78, 5) is 25.5. The zero-order chi connectivity index (χ0) is 28.1. The van der Waals surface area contributed by atoms with Gasteiger partial charge in [0.1, 0.15) is 31.0 Å². The van der Waals surface area contributed by atoms with E-state index in [0.29, 0.717) is 29.4 Å². The van der Waals surface area contributed by atoms with E-state index in [2.05, 4.69) is 35.5 Å². The van der Waals surface area contributed by atoms with Crippen LogP contribution in [0.4, 0.5) is 26.0 Å². The summed E-state index contributed by atoms with van der Waals surface area (Å²) in [5, 5.41) is 20.0. The van der Waals surface area contributed by atoms with Gasteiger partial charge in [0, 0.05) is 49.9 Å². The van der Waals surface area contributed by atoms with Gasteiger partial charge in [-0.2, -0.15) is 5.10 Å². The number of carbonyl (C=O) groups is 1. The molecule has 0 spiro atoms. The number of piperazine rings is 1. The molecule has 2 aromatic carbocycles. The predicted molar refractivity (Wildman–Crippen MR) is 145 cm³/mol. The maximum atomic E-state index is 13.8. The van der Waals surface area contributed by atoms with Crippen LogP contribution in [0.1, 0.15) is 0 Å². The summed E-state index contributed by atoms with van der Waals surface area (Å²) in [7, 11) is 2.03. The number of anilines is 3. The second-order valence-electron chi connectivity index (χ2n) is 9.57. The molecule has 3 N–H and O–H groups in total. The highest BCUT2D eigenvalue weighted by molar-refractivity contribution is 5.92. The molecular formula is C27H30F2N8O3. The normalized spacial score (nSPS) is 16.2. The van der Waals surface area contributed by atoms with Crippen molar-refractivity contribution in [3.05, 3.63) is 66.8 Å². The van der Waals surface area contributed by atoms with Gasteiger partial charge < -0.3 is 20.5 Å². The van der Waals surface area contributed by atoms with Crippen molar-refractivity contribution in [2.75, 3.05) is 57.1 Å². The Bertz CT molecular complexity index is 1480. The lowest BCUT2D eigenvalue weighted by molar-refractivity contribution is -0.116. The summed E-state index contributed by atoms with van der Waals surface area (Å²) in [6.45, 7) is 3.88. The first-order valence-corrected chi connectivity index (χ1v) is 12.8. The summed E-state index contributed by atoms with van der Waals surface area (Å²) >= 11 is 0. The lowest BCUT2D eigenvalue weighted by atomic mass is 10.2. The van der Waals surface area contributed by atoms with Gasteiger partial charge in [-0.3, -0.25) is 19.3 Å². The molecule has 0 aliphatic carbocycles. The van der Waals surface area contributed by atoms with E-state index in [-0.39, 0.29) is 24.9 Å². The van der Waals surface area contributed by atoms with Crippen molar-refractivity contribution in [2.45, 2.75) is 12.6 Å². The van der Waals surface area contributed by atoms with E-state index in [1.165, 1.54) is 29.3 Å². The molecule has 1 atom stereocenters. The van der Waals surface area contributed by atoms with Gasteiger partial charge in [0.2, 0.25) is 5.91 Å². The van der Waals surface area contributed by atoms with Crippen molar-refractivity contribution in [3.63, 3.8) is 0 Å². The molecule has 1 aliphatic heterocycles. The smallest absolute Gasteiger partial charge is 0.246 e. The molecule has 13 heteroatoms.